The molecule has 5 radical (unpaired) electrons. The van der Waals surface area contributed by atoms with E-state index in [1.165, 1.54) is 0 Å². The minimum Gasteiger partial charge on any atom is -0.360 e. The van der Waals surface area contributed by atoms with Crippen LogP contribution in [-0.4, -0.2) is 71.2 Å². The van der Waals surface area contributed by atoms with Crippen molar-refractivity contribution in [1.82, 2.24) is 15.5 Å². The Kier molecular flexibility index (Phi) is 8.85. The minimum absolute atomic E-state index is 0.00413. The summed E-state index contributed by atoms with van der Waals surface area (Å²) < 4.78 is 0. The molecule has 3 unspecified atom stereocenters. The molecule has 0 spiro atoms. The SMILES string of the molecule is [B][B]c1ccccc1C(CC)C([B])NC(=O)CN1CCC(NC(=O)Nc2ccccc2)C1. The van der Waals surface area contributed by atoms with Gasteiger partial charge in [0.2, 0.25) is 5.91 Å². The molecular formula is C23H28B3N4O2. The Morgan fingerprint density at radius 3 is 2.59 bits per heavy atom. The smallest absolute Gasteiger partial charge is 0.319 e. The number of anilines is 1. The molecule has 6 nitrogen and oxygen atoms in total. The third-order valence-corrected chi connectivity index (χ3v) is 5.78. The van der Waals surface area contributed by atoms with Gasteiger partial charge in [-0.15, -0.1) is 0 Å². The van der Waals surface area contributed by atoms with Crippen LogP contribution in [0.3, 0.4) is 0 Å². The molecule has 1 heterocycles. The molecule has 3 N–H and O–H groups in total. The van der Waals surface area contributed by atoms with Crippen LogP contribution >= 0.6 is 0 Å². The van der Waals surface area contributed by atoms with Crippen molar-refractivity contribution in [1.29, 1.82) is 0 Å². The Labute approximate surface area is 194 Å². The molecule has 3 amide bonds. The van der Waals surface area contributed by atoms with Gasteiger partial charge in [0.15, 0.2) is 0 Å². The van der Waals surface area contributed by atoms with Crippen LogP contribution in [0.4, 0.5) is 10.5 Å². The van der Waals surface area contributed by atoms with Gasteiger partial charge in [0, 0.05) is 32.6 Å². The van der Waals surface area contributed by atoms with E-state index in [2.05, 4.69) is 16.0 Å². The summed E-state index contributed by atoms with van der Waals surface area (Å²) in [4.78, 5) is 26.8. The van der Waals surface area contributed by atoms with E-state index in [9.17, 15) is 9.59 Å². The van der Waals surface area contributed by atoms with Gasteiger partial charge in [-0.25, -0.2) is 4.79 Å². The van der Waals surface area contributed by atoms with Crippen LogP contribution in [0.5, 0.6) is 0 Å². The average molecular weight is 425 g/mol. The summed E-state index contributed by atoms with van der Waals surface area (Å²) in [5.74, 6) is -0.675. The quantitative estimate of drug-likeness (QED) is 0.528. The lowest BCUT2D eigenvalue weighted by Gasteiger charge is -2.28. The second kappa shape index (κ2) is 11.8. The predicted octanol–water partition coefficient (Wildman–Crippen LogP) is 1.10. The molecule has 3 atom stereocenters. The maximum absolute atomic E-state index is 12.6. The fraction of sp³-hybridized carbons (Fsp3) is 0.391. The molecule has 0 saturated carbocycles. The summed E-state index contributed by atoms with van der Waals surface area (Å²) >= 11 is 0. The van der Waals surface area contributed by atoms with E-state index in [1.807, 2.05) is 66.4 Å². The monoisotopic (exact) mass is 425 g/mol. The van der Waals surface area contributed by atoms with Gasteiger partial charge in [0.25, 0.3) is 0 Å². The first-order valence-electron chi connectivity index (χ1n) is 11.0. The van der Waals surface area contributed by atoms with Gasteiger partial charge in [-0.3, -0.25) is 9.69 Å². The van der Waals surface area contributed by atoms with Crippen LogP contribution in [-0.2, 0) is 4.79 Å². The van der Waals surface area contributed by atoms with Crippen LogP contribution in [0.25, 0.3) is 0 Å². The lowest BCUT2D eigenvalue weighted by molar-refractivity contribution is -0.122. The number of carbonyl (C=O) groups is 2. The molecule has 3 rings (SSSR count). The molecule has 1 aliphatic rings. The fourth-order valence-electron chi connectivity index (χ4n) is 4.17. The van der Waals surface area contributed by atoms with E-state index in [4.69, 9.17) is 15.6 Å². The molecule has 1 fully saturated rings. The van der Waals surface area contributed by atoms with Gasteiger partial charge in [-0.1, -0.05) is 60.4 Å². The number of likely N-dealkylation sites (tertiary alicyclic amines) is 1. The molecule has 2 aromatic carbocycles. The summed E-state index contributed by atoms with van der Waals surface area (Å²) in [5.41, 5.74) is 2.69. The third-order valence-electron chi connectivity index (χ3n) is 5.78. The van der Waals surface area contributed by atoms with Crippen LogP contribution in [0.15, 0.2) is 54.6 Å². The number of nitrogens with zero attached hydrogens (tertiary/aromatic N) is 1. The molecule has 32 heavy (non-hydrogen) atoms. The normalized spacial score (nSPS) is 17.8. The van der Waals surface area contributed by atoms with E-state index in [-0.39, 0.29) is 30.4 Å². The highest BCUT2D eigenvalue weighted by atomic mass is 16.2. The van der Waals surface area contributed by atoms with Crippen molar-refractivity contribution in [2.24, 2.45) is 0 Å². The van der Waals surface area contributed by atoms with E-state index < -0.39 is 5.94 Å². The zero-order valence-corrected chi connectivity index (χ0v) is 18.5. The zero-order chi connectivity index (χ0) is 22.9. The van der Waals surface area contributed by atoms with Gasteiger partial charge in [-0.05, 0) is 36.8 Å². The fourth-order valence-corrected chi connectivity index (χ4v) is 4.17. The van der Waals surface area contributed by atoms with Crippen LogP contribution in [0, 0.1) is 0 Å². The number of hydrogen-bond donors (Lipinski definition) is 3. The molecular weight excluding hydrogens is 397 g/mol. The van der Waals surface area contributed by atoms with Crippen LogP contribution in [0.2, 0.25) is 0 Å². The summed E-state index contributed by atoms with van der Waals surface area (Å²) in [6, 6.07) is 16.9. The first-order valence-corrected chi connectivity index (χ1v) is 11.0. The topological polar surface area (TPSA) is 73.5 Å². The van der Waals surface area contributed by atoms with E-state index in [0.717, 1.165) is 36.1 Å². The lowest BCUT2D eigenvalue weighted by atomic mass is 9.49. The Balaban J connectivity index is 1.46. The highest BCUT2D eigenvalue weighted by Gasteiger charge is 2.27. The number of nitrogens with one attached hydrogen (secondary N) is 3. The second-order valence-corrected chi connectivity index (χ2v) is 8.09. The highest BCUT2D eigenvalue weighted by Crippen LogP contribution is 2.20. The van der Waals surface area contributed by atoms with Crippen molar-refractivity contribution in [2.45, 2.75) is 37.7 Å². The van der Waals surface area contributed by atoms with Gasteiger partial charge in [0.1, 0.15) is 0 Å². The number of amides is 3. The molecule has 0 aromatic heterocycles. The van der Waals surface area contributed by atoms with Crippen molar-refractivity contribution in [3.8, 4) is 0 Å². The number of carbonyl (C=O) groups excluding carboxylic acids is 2. The molecule has 0 bridgehead atoms. The summed E-state index contributed by atoms with van der Waals surface area (Å²) in [7, 11) is 13.7. The largest absolute Gasteiger partial charge is 0.360 e. The van der Waals surface area contributed by atoms with Crippen LogP contribution in [0.1, 0.15) is 31.2 Å². The number of benzene rings is 2. The van der Waals surface area contributed by atoms with Gasteiger partial charge < -0.3 is 16.0 Å². The number of para-hydroxylation sites is 1. The van der Waals surface area contributed by atoms with Crippen molar-refractivity contribution in [3.05, 3.63) is 60.2 Å². The van der Waals surface area contributed by atoms with E-state index in [1.54, 1.807) is 7.17 Å². The standard InChI is InChI=1S/C23H28B3N4O2/c1-2-18(19-10-6-7-11-20(19)26-25)22(24)29-21(31)15-30-13-12-17(14-30)28-23(32)27-16-8-4-3-5-9-16/h3-11,17-18,22H,2,12-15H2,1H3,(H,29,31)(H2,27,28,32). The zero-order valence-electron chi connectivity index (χ0n) is 18.5. The van der Waals surface area contributed by atoms with Gasteiger partial charge in [-0.2, -0.15) is 0 Å². The van der Waals surface area contributed by atoms with E-state index in [0.29, 0.717) is 6.54 Å². The number of hydrogen-bond acceptors (Lipinski definition) is 3. The maximum Gasteiger partial charge on any atom is 0.319 e. The molecule has 1 aliphatic heterocycles. The molecule has 1 saturated heterocycles. The van der Waals surface area contributed by atoms with Crippen LogP contribution < -0.4 is 21.4 Å². The summed E-state index contributed by atoms with van der Waals surface area (Å²) in [6.45, 7) is 3.64. The Hall–Kier alpha value is -2.67. The van der Waals surface area contributed by atoms with Gasteiger partial charge in [0.05, 0.1) is 21.6 Å². The van der Waals surface area contributed by atoms with Gasteiger partial charge >= 0.3 is 6.03 Å². The molecule has 0 aliphatic carbocycles. The minimum atomic E-state index is -0.512. The number of rotatable bonds is 9. The first kappa shape index (κ1) is 24.0. The molecule has 9 heteroatoms. The Morgan fingerprint density at radius 1 is 1.16 bits per heavy atom. The van der Waals surface area contributed by atoms with Crippen molar-refractivity contribution < 1.29 is 9.59 Å². The second-order valence-electron chi connectivity index (χ2n) is 8.09. The van der Waals surface area contributed by atoms with E-state index >= 15 is 0 Å². The predicted molar refractivity (Wildman–Crippen MR) is 132 cm³/mol. The van der Waals surface area contributed by atoms with Crippen molar-refractivity contribution in [2.75, 3.05) is 25.0 Å². The number of urea groups is 1. The highest BCUT2D eigenvalue weighted by molar-refractivity contribution is 6.97. The summed E-state index contributed by atoms with van der Waals surface area (Å²) in [5, 5.41) is 8.73. The first-order chi connectivity index (χ1) is 15.5. The lowest BCUT2D eigenvalue weighted by Crippen LogP contribution is -2.46. The Morgan fingerprint density at radius 2 is 1.88 bits per heavy atom. The van der Waals surface area contributed by atoms with Crippen molar-refractivity contribution >= 4 is 45.8 Å². The molecule has 2 aromatic rings. The summed E-state index contributed by atoms with van der Waals surface area (Å²) in [6.07, 6.45) is 1.57. The third kappa shape index (κ3) is 6.66. The van der Waals surface area contributed by atoms with Crippen molar-refractivity contribution in [3.63, 3.8) is 0 Å². The molecule has 161 valence electrons. The maximum atomic E-state index is 12.6. The Bertz CT molecular complexity index is 900. The average Bonchev–Trinajstić information content (AvgIpc) is 3.21.